The van der Waals surface area contributed by atoms with Gasteiger partial charge < -0.3 is 9.30 Å². The number of rotatable bonds is 3. The first-order chi connectivity index (χ1) is 7.69. The van der Waals surface area contributed by atoms with Crippen LogP contribution < -0.4 is 0 Å². The van der Waals surface area contributed by atoms with Gasteiger partial charge in [-0.15, -0.1) is 0 Å². The predicted octanol–water partition coefficient (Wildman–Crippen LogP) is 1.94. The second-order valence-electron chi connectivity index (χ2n) is 4.18. The minimum absolute atomic E-state index is 0.164. The lowest BCUT2D eigenvalue weighted by Crippen LogP contribution is -2.34. The number of hydrogen-bond donors (Lipinski definition) is 0. The first-order valence-corrected chi connectivity index (χ1v) is 5.51. The molecule has 1 aromatic heterocycles. The summed E-state index contributed by atoms with van der Waals surface area (Å²) in [4.78, 5) is 22.7. The van der Waals surface area contributed by atoms with Crippen LogP contribution in [0.3, 0.4) is 0 Å². The Bertz CT molecular complexity index is 422. The van der Waals surface area contributed by atoms with E-state index in [2.05, 4.69) is 0 Å². The van der Waals surface area contributed by atoms with Crippen molar-refractivity contribution >= 4 is 12.3 Å². The molecule has 0 amide bonds. The molecule has 0 aromatic carbocycles. The number of cyclic esters (lactones) is 1. The van der Waals surface area contributed by atoms with E-state index in [-0.39, 0.29) is 24.5 Å². The lowest BCUT2D eigenvalue weighted by atomic mass is 9.98. The number of carbonyl (C=O) groups excluding carboxylic acids is 2. The van der Waals surface area contributed by atoms with Crippen molar-refractivity contribution in [2.75, 3.05) is 0 Å². The van der Waals surface area contributed by atoms with E-state index >= 15 is 0 Å². The summed E-state index contributed by atoms with van der Waals surface area (Å²) in [6.45, 7) is 4.28. The number of carbonyl (C=O) groups is 2. The van der Waals surface area contributed by atoms with Gasteiger partial charge in [-0.2, -0.15) is 0 Å². The summed E-state index contributed by atoms with van der Waals surface area (Å²) in [5.41, 5.74) is 1.45. The molecule has 4 nitrogen and oxygen atoms in total. The SMILES string of the molecule is CC[C@@H](C)[C@H]1C(=O)OCc2ccc(C=O)n21. The van der Waals surface area contributed by atoms with Gasteiger partial charge in [0.25, 0.3) is 0 Å². The molecule has 0 spiro atoms. The highest BCUT2D eigenvalue weighted by atomic mass is 16.5. The van der Waals surface area contributed by atoms with Gasteiger partial charge in [0, 0.05) is 0 Å². The van der Waals surface area contributed by atoms with Crippen molar-refractivity contribution in [1.29, 1.82) is 0 Å². The summed E-state index contributed by atoms with van der Waals surface area (Å²) in [6.07, 6.45) is 1.66. The maximum absolute atomic E-state index is 11.8. The molecular formula is C12H15NO3. The Labute approximate surface area is 94.2 Å². The number of aldehydes is 1. The largest absolute Gasteiger partial charge is 0.458 e. The molecular weight excluding hydrogens is 206 g/mol. The van der Waals surface area contributed by atoms with Gasteiger partial charge in [-0.05, 0) is 18.1 Å². The van der Waals surface area contributed by atoms with Crippen molar-refractivity contribution in [1.82, 2.24) is 4.57 Å². The maximum atomic E-state index is 11.8. The van der Waals surface area contributed by atoms with E-state index in [0.29, 0.717) is 5.69 Å². The quantitative estimate of drug-likeness (QED) is 0.579. The topological polar surface area (TPSA) is 48.3 Å². The van der Waals surface area contributed by atoms with Crippen molar-refractivity contribution in [2.24, 2.45) is 5.92 Å². The summed E-state index contributed by atoms with van der Waals surface area (Å²) in [7, 11) is 0. The Morgan fingerprint density at radius 1 is 1.62 bits per heavy atom. The molecule has 0 fully saturated rings. The molecule has 1 aromatic rings. The zero-order chi connectivity index (χ0) is 11.7. The van der Waals surface area contributed by atoms with Crippen molar-refractivity contribution in [3.63, 3.8) is 0 Å². The molecule has 2 heterocycles. The highest BCUT2D eigenvalue weighted by Gasteiger charge is 2.33. The zero-order valence-corrected chi connectivity index (χ0v) is 9.47. The normalized spacial score (nSPS) is 21.1. The van der Waals surface area contributed by atoms with Gasteiger partial charge in [0.1, 0.15) is 12.6 Å². The summed E-state index contributed by atoms with van der Waals surface area (Å²) in [5, 5.41) is 0. The molecule has 4 heteroatoms. The third-order valence-corrected chi connectivity index (χ3v) is 3.22. The van der Waals surface area contributed by atoms with Gasteiger partial charge in [-0.1, -0.05) is 20.3 Å². The highest BCUT2D eigenvalue weighted by molar-refractivity contribution is 5.79. The number of esters is 1. The van der Waals surface area contributed by atoms with Crippen molar-refractivity contribution in [2.45, 2.75) is 32.9 Å². The molecule has 2 rings (SSSR count). The Hall–Kier alpha value is -1.58. The molecule has 0 bridgehead atoms. The van der Waals surface area contributed by atoms with Crippen LogP contribution in [0.25, 0.3) is 0 Å². The third-order valence-electron chi connectivity index (χ3n) is 3.22. The van der Waals surface area contributed by atoms with Crippen LogP contribution >= 0.6 is 0 Å². The van der Waals surface area contributed by atoms with Gasteiger partial charge >= 0.3 is 5.97 Å². The van der Waals surface area contributed by atoms with E-state index < -0.39 is 0 Å². The van der Waals surface area contributed by atoms with E-state index in [0.717, 1.165) is 18.4 Å². The smallest absolute Gasteiger partial charge is 0.329 e. The second-order valence-corrected chi connectivity index (χ2v) is 4.18. The van der Waals surface area contributed by atoms with Crippen LogP contribution in [-0.2, 0) is 16.1 Å². The van der Waals surface area contributed by atoms with Gasteiger partial charge in [0.15, 0.2) is 6.29 Å². The van der Waals surface area contributed by atoms with Gasteiger partial charge in [0.05, 0.1) is 11.4 Å². The number of aromatic nitrogens is 1. The Morgan fingerprint density at radius 3 is 3.00 bits per heavy atom. The molecule has 0 N–H and O–H groups in total. The summed E-state index contributed by atoms with van der Waals surface area (Å²) in [6, 6.07) is 3.22. The monoisotopic (exact) mass is 221 g/mol. The maximum Gasteiger partial charge on any atom is 0.329 e. The van der Waals surface area contributed by atoms with E-state index in [1.54, 1.807) is 6.07 Å². The molecule has 16 heavy (non-hydrogen) atoms. The first kappa shape index (κ1) is 10.9. The average Bonchev–Trinajstić information content (AvgIpc) is 2.71. The minimum atomic E-state index is -0.357. The van der Waals surface area contributed by atoms with Gasteiger partial charge in [-0.25, -0.2) is 4.79 Å². The molecule has 86 valence electrons. The van der Waals surface area contributed by atoms with Crippen molar-refractivity contribution in [3.8, 4) is 0 Å². The predicted molar refractivity (Wildman–Crippen MR) is 58.1 cm³/mol. The molecule has 2 atom stereocenters. The van der Waals surface area contributed by atoms with Crippen LogP contribution in [0, 0.1) is 5.92 Å². The number of ether oxygens (including phenoxy) is 1. The summed E-state index contributed by atoms with van der Waals surface area (Å²) < 4.78 is 6.93. The number of nitrogens with zero attached hydrogens (tertiary/aromatic N) is 1. The average molecular weight is 221 g/mol. The Kier molecular flexibility index (Phi) is 2.81. The van der Waals surface area contributed by atoms with E-state index in [9.17, 15) is 9.59 Å². The van der Waals surface area contributed by atoms with Crippen molar-refractivity contribution < 1.29 is 14.3 Å². The summed E-state index contributed by atoms with van der Waals surface area (Å²) >= 11 is 0. The Morgan fingerprint density at radius 2 is 2.38 bits per heavy atom. The second kappa shape index (κ2) is 4.12. The van der Waals surface area contributed by atoms with Crippen molar-refractivity contribution in [3.05, 3.63) is 23.5 Å². The molecule has 1 aliphatic heterocycles. The first-order valence-electron chi connectivity index (χ1n) is 5.51. The van der Waals surface area contributed by atoms with E-state index in [1.807, 2.05) is 24.5 Å². The van der Waals surface area contributed by atoms with E-state index in [1.165, 1.54) is 0 Å². The molecule has 0 saturated carbocycles. The molecule has 0 unspecified atom stereocenters. The Balaban J connectivity index is 2.49. The van der Waals surface area contributed by atoms with Crippen LogP contribution in [0.2, 0.25) is 0 Å². The third kappa shape index (κ3) is 1.54. The molecule has 0 saturated heterocycles. The fourth-order valence-electron chi connectivity index (χ4n) is 2.11. The molecule has 1 aliphatic rings. The fraction of sp³-hybridized carbons (Fsp3) is 0.500. The molecule has 0 aliphatic carbocycles. The minimum Gasteiger partial charge on any atom is -0.458 e. The lowest BCUT2D eigenvalue weighted by Gasteiger charge is -2.29. The van der Waals surface area contributed by atoms with Gasteiger partial charge in [0.2, 0.25) is 0 Å². The summed E-state index contributed by atoms with van der Waals surface area (Å²) in [5.74, 6) is -0.0706. The van der Waals surface area contributed by atoms with Crippen LogP contribution in [0.4, 0.5) is 0 Å². The number of hydrogen-bond acceptors (Lipinski definition) is 3. The highest BCUT2D eigenvalue weighted by Crippen LogP contribution is 2.30. The van der Waals surface area contributed by atoms with Crippen LogP contribution in [-0.4, -0.2) is 16.8 Å². The fourth-order valence-corrected chi connectivity index (χ4v) is 2.11. The number of fused-ring (bicyclic) bond motifs is 1. The standard InChI is InChI=1S/C12H15NO3/c1-3-8(2)11-12(15)16-7-10-5-4-9(6-14)13(10)11/h4-6,8,11H,3,7H2,1-2H3/t8-,11+/m1/s1. The molecule has 0 radical (unpaired) electrons. The zero-order valence-electron chi connectivity index (χ0n) is 9.47. The van der Waals surface area contributed by atoms with Crippen LogP contribution in [0.1, 0.15) is 42.5 Å². The van der Waals surface area contributed by atoms with E-state index in [4.69, 9.17) is 4.74 Å². The van der Waals surface area contributed by atoms with Crippen LogP contribution in [0.5, 0.6) is 0 Å². The van der Waals surface area contributed by atoms with Gasteiger partial charge in [-0.3, -0.25) is 4.79 Å². The lowest BCUT2D eigenvalue weighted by molar-refractivity contribution is -0.154. The van der Waals surface area contributed by atoms with Crippen LogP contribution in [0.15, 0.2) is 12.1 Å².